The Balaban J connectivity index is 1.54. The van der Waals surface area contributed by atoms with Crippen LogP contribution in [0.5, 0.6) is 5.75 Å². The van der Waals surface area contributed by atoms with Gasteiger partial charge < -0.3 is 10.1 Å². The highest BCUT2D eigenvalue weighted by Crippen LogP contribution is 2.30. The molecule has 0 saturated carbocycles. The molecule has 2 nitrogen and oxygen atoms in total. The first kappa shape index (κ1) is 16.1. The maximum atomic E-state index is 5.22. The second-order valence-corrected chi connectivity index (χ2v) is 6.60. The van der Waals surface area contributed by atoms with Crippen molar-refractivity contribution >= 4 is 0 Å². The summed E-state index contributed by atoms with van der Waals surface area (Å²) in [5.41, 5.74) is 4.41. The Labute approximate surface area is 139 Å². The van der Waals surface area contributed by atoms with Crippen molar-refractivity contribution in [3.05, 3.63) is 65.2 Å². The molecule has 0 spiro atoms. The van der Waals surface area contributed by atoms with Crippen LogP contribution < -0.4 is 10.1 Å². The molecular formula is C21H27NO. The van der Waals surface area contributed by atoms with E-state index in [-0.39, 0.29) is 0 Å². The number of hydrogen-bond donors (Lipinski definition) is 1. The van der Waals surface area contributed by atoms with Crippen LogP contribution in [0.25, 0.3) is 0 Å². The Kier molecular flexibility index (Phi) is 5.35. The van der Waals surface area contributed by atoms with E-state index in [1.807, 2.05) is 12.1 Å². The van der Waals surface area contributed by atoms with Crippen LogP contribution in [0.3, 0.4) is 0 Å². The van der Waals surface area contributed by atoms with Crippen molar-refractivity contribution in [3.8, 4) is 5.75 Å². The first-order chi connectivity index (χ1) is 11.3. The minimum Gasteiger partial charge on any atom is -0.497 e. The number of aryl methyl sites for hydroxylation is 2. The van der Waals surface area contributed by atoms with E-state index in [0.717, 1.165) is 18.6 Å². The van der Waals surface area contributed by atoms with Crippen molar-refractivity contribution in [1.29, 1.82) is 0 Å². The average Bonchev–Trinajstić information content (AvgIpc) is 2.61. The van der Waals surface area contributed by atoms with Crippen molar-refractivity contribution in [3.63, 3.8) is 0 Å². The zero-order valence-electron chi connectivity index (χ0n) is 14.2. The minimum absolute atomic E-state index is 0.519. The Morgan fingerprint density at radius 3 is 2.70 bits per heavy atom. The van der Waals surface area contributed by atoms with Crippen LogP contribution in [0.1, 0.15) is 48.9 Å². The number of ether oxygens (including phenoxy) is 1. The molecule has 0 bridgehead atoms. The molecule has 2 aromatic carbocycles. The van der Waals surface area contributed by atoms with Crippen LogP contribution in [0.4, 0.5) is 0 Å². The Morgan fingerprint density at radius 1 is 1.13 bits per heavy atom. The summed E-state index contributed by atoms with van der Waals surface area (Å²) in [4.78, 5) is 0. The highest BCUT2D eigenvalue weighted by atomic mass is 16.5. The summed E-state index contributed by atoms with van der Waals surface area (Å²) in [6.45, 7) is 2.31. The smallest absolute Gasteiger partial charge is 0.118 e. The van der Waals surface area contributed by atoms with E-state index in [1.165, 1.54) is 36.0 Å². The molecule has 1 aliphatic carbocycles. The summed E-state index contributed by atoms with van der Waals surface area (Å²) in [5.74, 6) is 0.929. The summed E-state index contributed by atoms with van der Waals surface area (Å²) < 4.78 is 5.22. The maximum absolute atomic E-state index is 5.22. The van der Waals surface area contributed by atoms with E-state index < -0.39 is 0 Å². The third kappa shape index (κ3) is 4.14. The van der Waals surface area contributed by atoms with Crippen LogP contribution >= 0.6 is 0 Å². The summed E-state index contributed by atoms with van der Waals surface area (Å²) >= 11 is 0. The van der Waals surface area contributed by atoms with Crippen LogP contribution in [0.2, 0.25) is 0 Å². The molecule has 0 heterocycles. The average molecular weight is 309 g/mol. The third-order valence-corrected chi connectivity index (χ3v) is 4.88. The zero-order chi connectivity index (χ0) is 16.1. The summed E-state index contributed by atoms with van der Waals surface area (Å²) in [5, 5.41) is 3.84. The lowest BCUT2D eigenvalue weighted by molar-refractivity contribution is 0.395. The van der Waals surface area contributed by atoms with Crippen molar-refractivity contribution in [2.24, 2.45) is 0 Å². The van der Waals surface area contributed by atoms with Gasteiger partial charge in [-0.1, -0.05) is 36.4 Å². The first-order valence-corrected chi connectivity index (χ1v) is 8.73. The number of rotatable bonds is 6. The largest absolute Gasteiger partial charge is 0.497 e. The molecule has 0 aliphatic heterocycles. The van der Waals surface area contributed by atoms with Gasteiger partial charge in [-0.25, -0.2) is 0 Å². The fourth-order valence-electron chi connectivity index (χ4n) is 3.53. The van der Waals surface area contributed by atoms with E-state index >= 15 is 0 Å². The summed E-state index contributed by atoms with van der Waals surface area (Å²) in [7, 11) is 1.71. The normalized spacial score (nSPS) is 18.3. The fraction of sp³-hybridized carbons (Fsp3) is 0.429. The fourth-order valence-corrected chi connectivity index (χ4v) is 3.53. The molecule has 0 amide bonds. The van der Waals surface area contributed by atoms with Crippen LogP contribution in [0.15, 0.2) is 48.5 Å². The number of methoxy groups -OCH3 is 1. The third-order valence-electron chi connectivity index (χ3n) is 4.88. The molecule has 0 fully saturated rings. The Morgan fingerprint density at radius 2 is 1.91 bits per heavy atom. The molecule has 0 radical (unpaired) electrons. The lowest BCUT2D eigenvalue weighted by Crippen LogP contribution is -2.33. The van der Waals surface area contributed by atoms with Gasteiger partial charge in [0, 0.05) is 12.1 Å². The predicted molar refractivity (Wildman–Crippen MR) is 96.0 cm³/mol. The van der Waals surface area contributed by atoms with E-state index in [4.69, 9.17) is 4.74 Å². The maximum Gasteiger partial charge on any atom is 0.118 e. The highest BCUT2D eigenvalue weighted by molar-refractivity contribution is 5.32. The van der Waals surface area contributed by atoms with Crippen molar-refractivity contribution in [1.82, 2.24) is 5.32 Å². The quantitative estimate of drug-likeness (QED) is 0.836. The van der Waals surface area contributed by atoms with Crippen molar-refractivity contribution < 1.29 is 4.74 Å². The van der Waals surface area contributed by atoms with E-state index in [9.17, 15) is 0 Å². The molecule has 0 aromatic heterocycles. The number of benzene rings is 2. The topological polar surface area (TPSA) is 21.3 Å². The SMILES string of the molecule is COc1ccc(CC[C@@H](C)N[C@H]2CCCc3ccccc32)cc1. The minimum atomic E-state index is 0.519. The summed E-state index contributed by atoms with van der Waals surface area (Å²) in [6.07, 6.45) is 6.04. The Hall–Kier alpha value is -1.80. The second-order valence-electron chi connectivity index (χ2n) is 6.60. The standard InChI is InChI=1S/C21H27NO/c1-16(10-11-17-12-14-19(23-2)15-13-17)22-21-9-5-7-18-6-3-4-8-20(18)21/h3-4,6,8,12-16,21-22H,5,7,9-11H2,1-2H3/t16-,21+/m1/s1. The van der Waals surface area contributed by atoms with Gasteiger partial charge >= 0.3 is 0 Å². The number of nitrogens with one attached hydrogen (secondary N) is 1. The number of fused-ring (bicyclic) bond motifs is 1. The molecular weight excluding hydrogens is 282 g/mol. The Bertz CT molecular complexity index is 620. The molecule has 1 aliphatic rings. The highest BCUT2D eigenvalue weighted by Gasteiger charge is 2.20. The molecule has 2 atom stereocenters. The molecule has 2 heteroatoms. The molecule has 23 heavy (non-hydrogen) atoms. The van der Waals surface area contributed by atoms with Gasteiger partial charge in [-0.05, 0) is 67.9 Å². The van der Waals surface area contributed by atoms with Crippen LogP contribution in [-0.2, 0) is 12.8 Å². The number of hydrogen-bond acceptors (Lipinski definition) is 2. The van der Waals surface area contributed by atoms with E-state index in [2.05, 4.69) is 48.6 Å². The van der Waals surface area contributed by atoms with Crippen molar-refractivity contribution in [2.45, 2.75) is 51.1 Å². The van der Waals surface area contributed by atoms with Gasteiger partial charge in [-0.2, -0.15) is 0 Å². The molecule has 0 unspecified atom stereocenters. The van der Waals surface area contributed by atoms with Gasteiger partial charge in [0.05, 0.1) is 7.11 Å². The van der Waals surface area contributed by atoms with Crippen molar-refractivity contribution in [2.75, 3.05) is 7.11 Å². The van der Waals surface area contributed by atoms with Gasteiger partial charge in [0.25, 0.3) is 0 Å². The van der Waals surface area contributed by atoms with Gasteiger partial charge in [-0.15, -0.1) is 0 Å². The molecule has 122 valence electrons. The predicted octanol–water partition coefficient (Wildman–Crippen LogP) is 4.68. The molecule has 3 rings (SSSR count). The zero-order valence-corrected chi connectivity index (χ0v) is 14.2. The lowest BCUT2D eigenvalue weighted by Gasteiger charge is -2.29. The van der Waals surface area contributed by atoms with Crippen LogP contribution in [-0.4, -0.2) is 13.2 Å². The van der Waals surface area contributed by atoms with Crippen LogP contribution in [0, 0.1) is 0 Å². The monoisotopic (exact) mass is 309 g/mol. The van der Waals surface area contributed by atoms with E-state index in [0.29, 0.717) is 12.1 Å². The van der Waals surface area contributed by atoms with Gasteiger partial charge in [0.1, 0.15) is 5.75 Å². The van der Waals surface area contributed by atoms with Gasteiger partial charge in [0.15, 0.2) is 0 Å². The van der Waals surface area contributed by atoms with E-state index in [1.54, 1.807) is 7.11 Å². The first-order valence-electron chi connectivity index (χ1n) is 8.73. The van der Waals surface area contributed by atoms with Gasteiger partial charge in [-0.3, -0.25) is 0 Å². The van der Waals surface area contributed by atoms with Gasteiger partial charge in [0.2, 0.25) is 0 Å². The second kappa shape index (κ2) is 7.65. The molecule has 1 N–H and O–H groups in total. The molecule has 0 saturated heterocycles. The summed E-state index contributed by atoms with van der Waals surface area (Å²) in [6, 6.07) is 18.4. The molecule has 2 aromatic rings. The lowest BCUT2D eigenvalue weighted by atomic mass is 9.87.